The van der Waals surface area contributed by atoms with Gasteiger partial charge in [0.1, 0.15) is 11.8 Å². The lowest BCUT2D eigenvalue weighted by Gasteiger charge is -2.38. The lowest BCUT2D eigenvalue weighted by atomic mass is 9.92. The number of hydrogen-bond acceptors (Lipinski definition) is 7. The Morgan fingerprint density at radius 1 is 1.00 bits per heavy atom. The molecule has 3 aromatic rings. The Labute approximate surface area is 139 Å². The van der Waals surface area contributed by atoms with Gasteiger partial charge in [-0.2, -0.15) is 0 Å². The molecule has 0 saturated carbocycles. The minimum atomic E-state index is 0.420. The van der Waals surface area contributed by atoms with E-state index >= 15 is 0 Å². The summed E-state index contributed by atoms with van der Waals surface area (Å²) in [5, 5.41) is 0. The molecule has 2 atom stereocenters. The molecule has 0 aliphatic carbocycles. The van der Waals surface area contributed by atoms with E-state index in [-0.39, 0.29) is 0 Å². The monoisotopic (exact) mass is 322 g/mol. The molecule has 24 heavy (non-hydrogen) atoms. The molecule has 0 radical (unpaired) electrons. The van der Waals surface area contributed by atoms with Crippen LogP contribution in [0.3, 0.4) is 0 Å². The highest BCUT2D eigenvalue weighted by molar-refractivity contribution is 5.83. The Bertz CT molecular complexity index is 847. The maximum Gasteiger partial charge on any atom is 0.225 e. The Balaban J connectivity index is 1.47. The Morgan fingerprint density at radius 3 is 2.79 bits per heavy atom. The standard InChI is InChI=1S/C16H18N8/c1-4-17-16(18-5-1)23-6-2-11-3-7-24(12(11)8-23)15-13-14(20-9-19-13)21-10-22-15/h1,4-5,9-12H,2-3,6-8H2,(H,19,20,21,22). The van der Waals surface area contributed by atoms with Crippen molar-refractivity contribution in [3.8, 4) is 0 Å². The molecule has 0 amide bonds. The molecule has 1 N–H and O–H groups in total. The van der Waals surface area contributed by atoms with Gasteiger partial charge in [0.05, 0.1) is 12.4 Å². The largest absolute Gasteiger partial charge is 0.350 e. The molecule has 3 aromatic heterocycles. The maximum atomic E-state index is 4.54. The Kier molecular flexibility index (Phi) is 3.07. The van der Waals surface area contributed by atoms with E-state index in [0.717, 1.165) is 49.0 Å². The maximum absolute atomic E-state index is 4.54. The molecule has 5 rings (SSSR count). The van der Waals surface area contributed by atoms with E-state index in [1.165, 1.54) is 6.42 Å². The third kappa shape index (κ3) is 2.10. The van der Waals surface area contributed by atoms with Crippen LogP contribution in [0, 0.1) is 5.92 Å². The number of rotatable bonds is 2. The van der Waals surface area contributed by atoms with E-state index in [1.54, 1.807) is 25.0 Å². The molecule has 8 heteroatoms. The SMILES string of the molecule is c1cnc(N2CCC3CCN(c4ncnc5nc[nH]c45)C3C2)nc1. The van der Waals surface area contributed by atoms with Gasteiger partial charge in [-0.15, -0.1) is 0 Å². The van der Waals surface area contributed by atoms with E-state index < -0.39 is 0 Å². The average molecular weight is 322 g/mol. The molecule has 5 heterocycles. The van der Waals surface area contributed by atoms with Gasteiger partial charge in [0, 0.05) is 32.0 Å². The van der Waals surface area contributed by atoms with Crippen molar-refractivity contribution in [3.05, 3.63) is 31.1 Å². The first-order valence-electron chi connectivity index (χ1n) is 8.33. The first kappa shape index (κ1) is 13.6. The predicted octanol–water partition coefficient (Wildman–Crippen LogP) is 1.25. The molecule has 0 spiro atoms. The minimum absolute atomic E-state index is 0.420. The summed E-state index contributed by atoms with van der Waals surface area (Å²) in [6.45, 7) is 2.96. The lowest BCUT2D eigenvalue weighted by Crippen LogP contribution is -2.49. The van der Waals surface area contributed by atoms with Gasteiger partial charge in [0.2, 0.25) is 5.95 Å². The van der Waals surface area contributed by atoms with Crippen molar-refractivity contribution in [2.24, 2.45) is 5.92 Å². The number of nitrogens with one attached hydrogen (secondary N) is 1. The fraction of sp³-hybridized carbons (Fsp3) is 0.438. The number of nitrogens with zero attached hydrogens (tertiary/aromatic N) is 7. The summed E-state index contributed by atoms with van der Waals surface area (Å²) in [5.41, 5.74) is 1.65. The topological polar surface area (TPSA) is 86.7 Å². The molecule has 0 aromatic carbocycles. The van der Waals surface area contributed by atoms with Crippen molar-refractivity contribution in [2.45, 2.75) is 18.9 Å². The Hall–Kier alpha value is -2.77. The number of aromatic amines is 1. The van der Waals surface area contributed by atoms with Crippen molar-refractivity contribution in [1.29, 1.82) is 0 Å². The summed E-state index contributed by atoms with van der Waals surface area (Å²) in [6.07, 6.45) is 9.26. The van der Waals surface area contributed by atoms with Gasteiger partial charge in [-0.25, -0.2) is 24.9 Å². The second kappa shape index (κ2) is 5.40. The van der Waals surface area contributed by atoms with Crippen LogP contribution in [0.2, 0.25) is 0 Å². The van der Waals surface area contributed by atoms with E-state index in [9.17, 15) is 0 Å². The van der Waals surface area contributed by atoms with Gasteiger partial charge < -0.3 is 14.8 Å². The van der Waals surface area contributed by atoms with Crippen molar-refractivity contribution >= 4 is 22.9 Å². The number of aromatic nitrogens is 6. The normalized spacial score (nSPS) is 23.7. The van der Waals surface area contributed by atoms with Crippen LogP contribution < -0.4 is 9.80 Å². The van der Waals surface area contributed by atoms with E-state index in [2.05, 4.69) is 39.7 Å². The van der Waals surface area contributed by atoms with Crippen LogP contribution in [-0.2, 0) is 0 Å². The number of fused-ring (bicyclic) bond motifs is 2. The first-order valence-corrected chi connectivity index (χ1v) is 8.33. The van der Waals surface area contributed by atoms with Gasteiger partial charge in [0.15, 0.2) is 11.5 Å². The molecule has 8 nitrogen and oxygen atoms in total. The number of piperidine rings is 1. The number of anilines is 2. The molecular weight excluding hydrogens is 304 g/mol. The van der Waals surface area contributed by atoms with Crippen molar-refractivity contribution < 1.29 is 0 Å². The van der Waals surface area contributed by atoms with Crippen molar-refractivity contribution in [1.82, 2.24) is 29.9 Å². The second-order valence-electron chi connectivity index (χ2n) is 6.39. The van der Waals surface area contributed by atoms with Gasteiger partial charge in [-0.3, -0.25) is 0 Å². The van der Waals surface area contributed by atoms with Gasteiger partial charge in [-0.1, -0.05) is 0 Å². The Morgan fingerprint density at radius 2 is 1.88 bits per heavy atom. The second-order valence-corrected chi connectivity index (χ2v) is 6.39. The quantitative estimate of drug-likeness (QED) is 0.759. The van der Waals surface area contributed by atoms with Crippen LogP contribution >= 0.6 is 0 Å². The smallest absolute Gasteiger partial charge is 0.225 e. The number of H-pyrrole nitrogens is 1. The van der Waals surface area contributed by atoms with Crippen LogP contribution in [0.25, 0.3) is 11.2 Å². The molecule has 2 fully saturated rings. The molecule has 2 saturated heterocycles. The van der Waals surface area contributed by atoms with Crippen LogP contribution in [0.5, 0.6) is 0 Å². The van der Waals surface area contributed by atoms with Gasteiger partial charge >= 0.3 is 0 Å². The van der Waals surface area contributed by atoms with E-state index in [4.69, 9.17) is 0 Å². The van der Waals surface area contributed by atoms with E-state index in [0.29, 0.717) is 12.0 Å². The molecule has 2 aliphatic rings. The van der Waals surface area contributed by atoms with E-state index in [1.807, 2.05) is 6.07 Å². The summed E-state index contributed by atoms with van der Waals surface area (Å²) in [4.78, 5) is 29.7. The third-order valence-corrected chi connectivity index (χ3v) is 5.17. The molecular formula is C16H18N8. The molecule has 0 bridgehead atoms. The minimum Gasteiger partial charge on any atom is -0.350 e. The zero-order chi connectivity index (χ0) is 15.9. The fourth-order valence-corrected chi connectivity index (χ4v) is 4.01. The summed E-state index contributed by atoms with van der Waals surface area (Å²) in [6, 6.07) is 2.28. The van der Waals surface area contributed by atoms with Crippen LogP contribution in [0.1, 0.15) is 12.8 Å². The zero-order valence-electron chi connectivity index (χ0n) is 13.2. The third-order valence-electron chi connectivity index (χ3n) is 5.17. The van der Waals surface area contributed by atoms with Crippen molar-refractivity contribution in [3.63, 3.8) is 0 Å². The van der Waals surface area contributed by atoms with Crippen LogP contribution in [-0.4, -0.2) is 55.6 Å². The molecule has 2 aliphatic heterocycles. The number of imidazole rings is 1. The first-order chi connectivity index (χ1) is 11.9. The summed E-state index contributed by atoms with van der Waals surface area (Å²) < 4.78 is 0. The van der Waals surface area contributed by atoms with Crippen LogP contribution in [0.4, 0.5) is 11.8 Å². The van der Waals surface area contributed by atoms with Crippen molar-refractivity contribution in [2.75, 3.05) is 29.4 Å². The molecule has 2 unspecified atom stereocenters. The van der Waals surface area contributed by atoms with Crippen LogP contribution in [0.15, 0.2) is 31.1 Å². The fourth-order valence-electron chi connectivity index (χ4n) is 4.01. The van der Waals surface area contributed by atoms with Gasteiger partial charge in [-0.05, 0) is 24.8 Å². The number of hydrogen-bond donors (Lipinski definition) is 1. The predicted molar refractivity (Wildman–Crippen MR) is 89.8 cm³/mol. The highest BCUT2D eigenvalue weighted by Gasteiger charge is 2.40. The lowest BCUT2D eigenvalue weighted by molar-refractivity contribution is 0.387. The highest BCUT2D eigenvalue weighted by Crippen LogP contribution is 2.36. The van der Waals surface area contributed by atoms with Gasteiger partial charge in [0.25, 0.3) is 0 Å². The zero-order valence-corrected chi connectivity index (χ0v) is 13.2. The summed E-state index contributed by atoms with van der Waals surface area (Å²) >= 11 is 0. The summed E-state index contributed by atoms with van der Waals surface area (Å²) in [7, 11) is 0. The molecule has 122 valence electrons. The highest BCUT2D eigenvalue weighted by atomic mass is 15.3. The average Bonchev–Trinajstić information content (AvgIpc) is 3.28. The summed E-state index contributed by atoms with van der Waals surface area (Å²) in [5.74, 6) is 2.47.